The average Bonchev–Trinajstić information content (AvgIpc) is 2.97. The number of nitrogens with one attached hydrogen (secondary N) is 2. The van der Waals surface area contributed by atoms with Crippen molar-refractivity contribution >= 4 is 44.6 Å². The quantitative estimate of drug-likeness (QED) is 0.903. The fourth-order valence-corrected chi connectivity index (χ4v) is 2.99. The molecular weight excluding hydrogens is 306 g/mol. The molecule has 2 rings (SSSR count). The molecule has 7 heteroatoms. The topological polar surface area (TPSA) is 71.1 Å². The van der Waals surface area contributed by atoms with Crippen LogP contribution in [-0.4, -0.2) is 16.8 Å². The van der Waals surface area contributed by atoms with Gasteiger partial charge < -0.3 is 5.32 Å². The van der Waals surface area contributed by atoms with E-state index >= 15 is 0 Å². The molecule has 0 aliphatic carbocycles. The number of hydrogen-bond donors (Lipinski definition) is 2. The molecule has 0 atom stereocenters. The maximum absolute atomic E-state index is 12.2. The smallest absolute Gasteiger partial charge is 0.267 e. The number of thiophene rings is 1. The summed E-state index contributed by atoms with van der Waals surface area (Å²) in [6.45, 7) is 7.39. The number of carbonyl (C=O) groups excluding carboxylic acids is 2. The third-order valence-corrected chi connectivity index (χ3v) is 4.53. The molecule has 112 valence electrons. The van der Waals surface area contributed by atoms with Crippen molar-refractivity contribution in [3.63, 3.8) is 0 Å². The van der Waals surface area contributed by atoms with Crippen LogP contribution in [-0.2, 0) is 4.79 Å². The standard InChI is InChI=1S/C14H17N3O2S2/c1-8-7-9(16-12(19)14(2,3)4)21-10(8)11(18)17-13-15-5-6-20-13/h5-7H,1-4H3,(H,16,19)(H,15,17,18). The van der Waals surface area contributed by atoms with E-state index in [-0.39, 0.29) is 11.8 Å². The molecule has 2 aromatic heterocycles. The zero-order chi connectivity index (χ0) is 15.6. The highest BCUT2D eigenvalue weighted by Crippen LogP contribution is 2.29. The number of anilines is 2. The molecule has 0 fully saturated rings. The largest absolute Gasteiger partial charge is 0.317 e. The third-order valence-electron chi connectivity index (χ3n) is 2.69. The lowest BCUT2D eigenvalue weighted by atomic mass is 9.96. The average molecular weight is 323 g/mol. The highest BCUT2D eigenvalue weighted by atomic mass is 32.1. The van der Waals surface area contributed by atoms with Crippen LogP contribution in [0.1, 0.15) is 36.0 Å². The van der Waals surface area contributed by atoms with Crippen molar-refractivity contribution in [3.05, 3.63) is 28.1 Å². The van der Waals surface area contributed by atoms with Gasteiger partial charge in [-0.3, -0.25) is 14.9 Å². The van der Waals surface area contributed by atoms with E-state index in [2.05, 4.69) is 15.6 Å². The fourth-order valence-electron chi connectivity index (χ4n) is 1.51. The Balaban J connectivity index is 2.12. The maximum atomic E-state index is 12.2. The number of amides is 2. The highest BCUT2D eigenvalue weighted by molar-refractivity contribution is 7.18. The predicted octanol–water partition coefficient (Wildman–Crippen LogP) is 3.75. The van der Waals surface area contributed by atoms with Gasteiger partial charge in [0.05, 0.1) is 9.88 Å². The molecule has 0 bridgehead atoms. The number of thiazole rings is 1. The Kier molecular flexibility index (Phi) is 4.43. The molecule has 2 aromatic rings. The molecule has 0 spiro atoms. The van der Waals surface area contributed by atoms with Gasteiger partial charge in [0.25, 0.3) is 5.91 Å². The zero-order valence-electron chi connectivity index (χ0n) is 12.3. The molecule has 2 heterocycles. The molecule has 5 nitrogen and oxygen atoms in total. The first kappa shape index (κ1) is 15.7. The van der Waals surface area contributed by atoms with Crippen molar-refractivity contribution in [1.29, 1.82) is 0 Å². The summed E-state index contributed by atoms with van der Waals surface area (Å²) in [6.07, 6.45) is 1.64. The second-order valence-corrected chi connectivity index (χ2v) is 7.57. The Morgan fingerprint density at radius 2 is 1.95 bits per heavy atom. The lowest BCUT2D eigenvalue weighted by Crippen LogP contribution is -2.27. The number of rotatable bonds is 3. The third kappa shape index (κ3) is 3.89. The summed E-state index contributed by atoms with van der Waals surface area (Å²) in [6, 6.07) is 1.81. The fraction of sp³-hybridized carbons (Fsp3) is 0.357. The van der Waals surface area contributed by atoms with Crippen molar-refractivity contribution in [2.24, 2.45) is 5.41 Å². The van der Waals surface area contributed by atoms with Crippen LogP contribution < -0.4 is 10.6 Å². The van der Waals surface area contributed by atoms with Gasteiger partial charge >= 0.3 is 0 Å². The molecule has 2 amide bonds. The SMILES string of the molecule is Cc1cc(NC(=O)C(C)(C)C)sc1C(=O)Nc1nccs1. The number of carbonyl (C=O) groups is 2. The first-order valence-corrected chi connectivity index (χ1v) is 8.09. The molecule has 0 aromatic carbocycles. The van der Waals surface area contributed by atoms with Gasteiger partial charge in [0.2, 0.25) is 5.91 Å². The van der Waals surface area contributed by atoms with Gasteiger partial charge in [-0.15, -0.1) is 22.7 Å². The first-order valence-electron chi connectivity index (χ1n) is 6.40. The predicted molar refractivity (Wildman–Crippen MR) is 87.2 cm³/mol. The molecule has 0 aliphatic heterocycles. The van der Waals surface area contributed by atoms with Gasteiger partial charge in [-0.1, -0.05) is 20.8 Å². The Morgan fingerprint density at radius 1 is 1.24 bits per heavy atom. The molecular formula is C14H17N3O2S2. The van der Waals surface area contributed by atoms with Gasteiger partial charge in [0, 0.05) is 17.0 Å². The van der Waals surface area contributed by atoms with Gasteiger partial charge in [0.15, 0.2) is 5.13 Å². The first-order chi connectivity index (χ1) is 9.77. The number of aromatic nitrogens is 1. The van der Waals surface area contributed by atoms with Gasteiger partial charge in [0.1, 0.15) is 0 Å². The van der Waals surface area contributed by atoms with Crippen molar-refractivity contribution in [3.8, 4) is 0 Å². The minimum absolute atomic E-state index is 0.0735. The summed E-state index contributed by atoms with van der Waals surface area (Å²) < 4.78 is 0. The van der Waals surface area contributed by atoms with E-state index in [1.54, 1.807) is 11.6 Å². The summed E-state index contributed by atoms with van der Waals surface area (Å²) in [4.78, 5) is 28.7. The van der Waals surface area contributed by atoms with Crippen LogP contribution in [0.2, 0.25) is 0 Å². The minimum Gasteiger partial charge on any atom is -0.317 e. The monoisotopic (exact) mass is 323 g/mol. The minimum atomic E-state index is -0.471. The zero-order valence-corrected chi connectivity index (χ0v) is 13.9. The molecule has 0 saturated heterocycles. The van der Waals surface area contributed by atoms with Gasteiger partial charge in [-0.25, -0.2) is 4.98 Å². The lowest BCUT2D eigenvalue weighted by Gasteiger charge is -2.16. The van der Waals surface area contributed by atoms with Crippen LogP contribution in [0.5, 0.6) is 0 Å². The summed E-state index contributed by atoms with van der Waals surface area (Å²) >= 11 is 2.63. The second-order valence-electron chi connectivity index (χ2n) is 5.62. The maximum Gasteiger partial charge on any atom is 0.267 e. The van der Waals surface area contributed by atoms with Crippen molar-refractivity contribution < 1.29 is 9.59 Å². The number of hydrogen-bond acceptors (Lipinski definition) is 5. The second kappa shape index (κ2) is 5.95. The molecule has 0 aliphatic rings. The highest BCUT2D eigenvalue weighted by Gasteiger charge is 2.23. The van der Waals surface area contributed by atoms with Crippen molar-refractivity contribution in [1.82, 2.24) is 4.98 Å². The normalized spacial score (nSPS) is 11.2. The van der Waals surface area contributed by atoms with E-state index in [4.69, 9.17) is 0 Å². The van der Waals surface area contributed by atoms with Crippen LogP contribution in [0, 0.1) is 12.3 Å². The molecule has 0 unspecified atom stereocenters. The van der Waals surface area contributed by atoms with E-state index in [1.165, 1.54) is 22.7 Å². The Hall–Kier alpha value is -1.73. The molecule has 0 saturated carbocycles. The lowest BCUT2D eigenvalue weighted by molar-refractivity contribution is -0.123. The number of nitrogens with zero attached hydrogens (tertiary/aromatic N) is 1. The number of aryl methyl sites for hydroxylation is 1. The molecule has 0 radical (unpaired) electrons. The summed E-state index contributed by atoms with van der Waals surface area (Å²) in [5.41, 5.74) is 0.361. The van der Waals surface area contributed by atoms with Crippen LogP contribution in [0.15, 0.2) is 17.6 Å². The van der Waals surface area contributed by atoms with E-state index in [9.17, 15) is 9.59 Å². The van der Waals surface area contributed by atoms with Crippen LogP contribution >= 0.6 is 22.7 Å². The van der Waals surface area contributed by atoms with Crippen LogP contribution in [0.25, 0.3) is 0 Å². The Bertz CT molecular complexity index is 654. The van der Waals surface area contributed by atoms with Crippen molar-refractivity contribution in [2.75, 3.05) is 10.6 Å². The van der Waals surface area contributed by atoms with E-state index in [0.717, 1.165) is 5.56 Å². The Labute approximate surface area is 131 Å². The van der Waals surface area contributed by atoms with E-state index < -0.39 is 5.41 Å². The Morgan fingerprint density at radius 3 is 2.52 bits per heavy atom. The molecule has 21 heavy (non-hydrogen) atoms. The van der Waals surface area contributed by atoms with E-state index in [0.29, 0.717) is 15.0 Å². The van der Waals surface area contributed by atoms with Crippen molar-refractivity contribution in [2.45, 2.75) is 27.7 Å². The van der Waals surface area contributed by atoms with Crippen LogP contribution in [0.3, 0.4) is 0 Å². The van der Waals surface area contributed by atoms with Crippen LogP contribution in [0.4, 0.5) is 10.1 Å². The van der Waals surface area contributed by atoms with Gasteiger partial charge in [-0.2, -0.15) is 0 Å². The van der Waals surface area contributed by atoms with E-state index in [1.807, 2.05) is 33.8 Å². The molecule has 2 N–H and O–H groups in total. The van der Waals surface area contributed by atoms with Gasteiger partial charge in [-0.05, 0) is 18.6 Å². The summed E-state index contributed by atoms with van der Waals surface area (Å²) in [5.74, 6) is -0.278. The summed E-state index contributed by atoms with van der Waals surface area (Å²) in [7, 11) is 0. The summed E-state index contributed by atoms with van der Waals surface area (Å²) in [5, 5.41) is 8.62.